The molecule has 0 aliphatic carbocycles. The average Bonchev–Trinajstić information content (AvgIpc) is 2.57. The monoisotopic (exact) mass is 357 g/mol. The minimum absolute atomic E-state index is 0.268. The lowest BCUT2D eigenvalue weighted by Gasteiger charge is -2.16. The van der Waals surface area contributed by atoms with Gasteiger partial charge in [0.05, 0.1) is 16.3 Å². The number of hydrogen-bond donors (Lipinski definition) is 2. The van der Waals surface area contributed by atoms with Crippen LogP contribution in [-0.2, 0) is 9.59 Å². The van der Waals surface area contributed by atoms with E-state index in [1.807, 2.05) is 6.07 Å². The summed E-state index contributed by atoms with van der Waals surface area (Å²) in [5.74, 6) is -0.332. The molecule has 0 saturated carbocycles. The maximum absolute atomic E-state index is 12.3. The molecule has 0 aliphatic heterocycles. The summed E-state index contributed by atoms with van der Waals surface area (Å²) in [7, 11) is 0. The number of nitrogens with one attached hydrogen (secondary N) is 2. The van der Waals surface area contributed by atoms with Crippen LogP contribution in [0.2, 0.25) is 5.02 Å². The first-order valence-electron chi connectivity index (χ1n) is 7.44. The highest BCUT2D eigenvalue weighted by Gasteiger charge is 2.17. The Morgan fingerprint density at radius 2 is 1.92 bits per heavy atom. The second kappa shape index (κ2) is 8.18. The second-order valence-electron chi connectivity index (χ2n) is 5.23. The van der Waals surface area contributed by atoms with Crippen molar-refractivity contribution in [3.05, 3.63) is 53.1 Å². The molecule has 0 radical (unpaired) electrons. The molecule has 2 rings (SSSR count). The van der Waals surface area contributed by atoms with E-state index in [4.69, 9.17) is 21.6 Å². The van der Waals surface area contributed by atoms with E-state index < -0.39 is 12.0 Å². The van der Waals surface area contributed by atoms with Crippen LogP contribution in [0.4, 0.5) is 11.4 Å². The van der Waals surface area contributed by atoms with Crippen LogP contribution in [0.1, 0.15) is 19.4 Å². The highest BCUT2D eigenvalue weighted by atomic mass is 35.5. The molecule has 6 nitrogen and oxygen atoms in total. The molecule has 0 aromatic heterocycles. The van der Waals surface area contributed by atoms with Gasteiger partial charge in [0.15, 0.2) is 6.10 Å². The van der Waals surface area contributed by atoms with E-state index in [1.54, 1.807) is 49.4 Å². The molecule has 0 spiro atoms. The fourth-order valence-corrected chi connectivity index (χ4v) is 2.20. The molecule has 2 amide bonds. The fraction of sp³-hybridized carbons (Fsp3) is 0.167. The van der Waals surface area contributed by atoms with Gasteiger partial charge in [0.2, 0.25) is 5.91 Å². The Labute approximate surface area is 150 Å². The number of nitrogens with zero attached hydrogens (tertiary/aromatic N) is 1. The van der Waals surface area contributed by atoms with E-state index in [0.29, 0.717) is 27.7 Å². The van der Waals surface area contributed by atoms with Crippen LogP contribution in [-0.4, -0.2) is 17.9 Å². The van der Waals surface area contributed by atoms with Crippen LogP contribution in [0, 0.1) is 11.3 Å². The third-order valence-electron chi connectivity index (χ3n) is 3.23. The number of anilines is 2. The molecular formula is C18H16ClN3O3. The summed E-state index contributed by atoms with van der Waals surface area (Å²) in [6, 6.07) is 13.4. The summed E-state index contributed by atoms with van der Waals surface area (Å²) in [6.07, 6.45) is -0.825. The number of nitriles is 1. The van der Waals surface area contributed by atoms with Gasteiger partial charge in [-0.25, -0.2) is 0 Å². The van der Waals surface area contributed by atoms with Crippen molar-refractivity contribution < 1.29 is 14.3 Å². The van der Waals surface area contributed by atoms with Gasteiger partial charge in [-0.1, -0.05) is 23.7 Å². The number of halogens is 1. The topological polar surface area (TPSA) is 91.2 Å². The Morgan fingerprint density at radius 1 is 1.20 bits per heavy atom. The Morgan fingerprint density at radius 3 is 2.60 bits per heavy atom. The number of rotatable bonds is 5. The van der Waals surface area contributed by atoms with Crippen molar-refractivity contribution in [3.8, 4) is 11.8 Å². The first kappa shape index (κ1) is 18.3. The predicted octanol–water partition coefficient (Wildman–Crippen LogP) is 3.58. The van der Waals surface area contributed by atoms with Crippen molar-refractivity contribution in [2.24, 2.45) is 0 Å². The molecular weight excluding hydrogens is 342 g/mol. The minimum Gasteiger partial charge on any atom is -0.480 e. The van der Waals surface area contributed by atoms with Crippen molar-refractivity contribution in [1.82, 2.24) is 0 Å². The molecule has 25 heavy (non-hydrogen) atoms. The molecule has 7 heteroatoms. The van der Waals surface area contributed by atoms with Gasteiger partial charge in [0.25, 0.3) is 5.91 Å². The first-order valence-corrected chi connectivity index (χ1v) is 7.82. The first-order chi connectivity index (χ1) is 11.9. The molecule has 2 aromatic carbocycles. The van der Waals surface area contributed by atoms with E-state index >= 15 is 0 Å². The third-order valence-corrected chi connectivity index (χ3v) is 3.55. The molecule has 2 aromatic rings. The van der Waals surface area contributed by atoms with Crippen LogP contribution >= 0.6 is 11.6 Å². The zero-order chi connectivity index (χ0) is 18.4. The van der Waals surface area contributed by atoms with Gasteiger partial charge in [0, 0.05) is 12.6 Å². The van der Waals surface area contributed by atoms with E-state index in [0.717, 1.165) is 0 Å². The van der Waals surface area contributed by atoms with E-state index in [2.05, 4.69) is 10.6 Å². The average molecular weight is 358 g/mol. The van der Waals surface area contributed by atoms with Gasteiger partial charge in [0.1, 0.15) is 11.8 Å². The van der Waals surface area contributed by atoms with Crippen LogP contribution in [0.15, 0.2) is 42.5 Å². The normalized spacial score (nSPS) is 11.1. The van der Waals surface area contributed by atoms with Gasteiger partial charge in [-0.2, -0.15) is 5.26 Å². The minimum atomic E-state index is -0.825. The highest BCUT2D eigenvalue weighted by molar-refractivity contribution is 6.33. The molecule has 1 atom stereocenters. The smallest absolute Gasteiger partial charge is 0.265 e. The van der Waals surface area contributed by atoms with Gasteiger partial charge < -0.3 is 15.4 Å². The summed E-state index contributed by atoms with van der Waals surface area (Å²) in [5, 5.41) is 14.7. The molecule has 0 aliphatic rings. The van der Waals surface area contributed by atoms with Crippen LogP contribution < -0.4 is 15.4 Å². The number of benzene rings is 2. The van der Waals surface area contributed by atoms with Crippen molar-refractivity contribution in [1.29, 1.82) is 5.26 Å². The Bertz CT molecular complexity index is 846. The molecule has 128 valence electrons. The lowest BCUT2D eigenvalue weighted by molar-refractivity contribution is -0.122. The zero-order valence-electron chi connectivity index (χ0n) is 13.7. The summed E-state index contributed by atoms with van der Waals surface area (Å²) in [6.45, 7) is 2.94. The SMILES string of the molecule is CC(=O)Nc1cc(NC(=O)C(C)Oc2ccccc2C#N)ccc1Cl. The highest BCUT2D eigenvalue weighted by Crippen LogP contribution is 2.26. The lowest BCUT2D eigenvalue weighted by Crippen LogP contribution is -2.30. The molecule has 2 N–H and O–H groups in total. The summed E-state index contributed by atoms with van der Waals surface area (Å²) >= 11 is 6.00. The quantitative estimate of drug-likeness (QED) is 0.855. The van der Waals surface area contributed by atoms with Crippen LogP contribution in [0.3, 0.4) is 0 Å². The van der Waals surface area contributed by atoms with Crippen LogP contribution in [0.25, 0.3) is 0 Å². The number of amides is 2. The zero-order valence-corrected chi connectivity index (χ0v) is 14.4. The predicted molar refractivity (Wildman–Crippen MR) is 95.6 cm³/mol. The molecule has 1 unspecified atom stereocenters. The van der Waals surface area contributed by atoms with Gasteiger partial charge >= 0.3 is 0 Å². The number of carbonyl (C=O) groups excluding carboxylic acids is 2. The Balaban J connectivity index is 2.09. The number of ether oxygens (including phenoxy) is 1. The van der Waals surface area contributed by atoms with Crippen LogP contribution in [0.5, 0.6) is 5.75 Å². The van der Waals surface area contributed by atoms with E-state index in [1.165, 1.54) is 6.92 Å². The van der Waals surface area contributed by atoms with E-state index in [9.17, 15) is 9.59 Å². The Hall–Kier alpha value is -3.04. The summed E-state index contributed by atoms with van der Waals surface area (Å²) in [5.41, 5.74) is 1.21. The van der Waals surface area contributed by atoms with Gasteiger partial charge in [-0.15, -0.1) is 0 Å². The van der Waals surface area contributed by atoms with Gasteiger partial charge in [-0.05, 0) is 37.3 Å². The largest absolute Gasteiger partial charge is 0.480 e. The standard InChI is InChI=1S/C18H16ClN3O3/c1-11(25-17-6-4-3-5-13(17)10-20)18(24)22-14-7-8-15(19)16(9-14)21-12(2)23/h3-9,11H,1-2H3,(H,21,23)(H,22,24). The van der Waals surface area contributed by atoms with Crippen molar-refractivity contribution >= 4 is 34.8 Å². The number of carbonyl (C=O) groups is 2. The number of hydrogen-bond acceptors (Lipinski definition) is 4. The summed E-state index contributed by atoms with van der Waals surface area (Å²) in [4.78, 5) is 23.5. The molecule has 0 heterocycles. The second-order valence-corrected chi connectivity index (χ2v) is 5.64. The molecule has 0 fully saturated rings. The van der Waals surface area contributed by atoms with Crippen molar-refractivity contribution in [2.75, 3.05) is 10.6 Å². The molecule has 0 saturated heterocycles. The lowest BCUT2D eigenvalue weighted by atomic mass is 10.2. The van der Waals surface area contributed by atoms with Gasteiger partial charge in [-0.3, -0.25) is 9.59 Å². The summed E-state index contributed by atoms with van der Waals surface area (Å²) < 4.78 is 5.56. The number of para-hydroxylation sites is 1. The molecule has 0 bridgehead atoms. The third kappa shape index (κ3) is 4.96. The maximum atomic E-state index is 12.3. The van der Waals surface area contributed by atoms with Crippen molar-refractivity contribution in [2.45, 2.75) is 20.0 Å². The van der Waals surface area contributed by atoms with E-state index in [-0.39, 0.29) is 5.91 Å². The Kier molecular flexibility index (Phi) is 5.98. The fourth-order valence-electron chi connectivity index (χ4n) is 2.04. The maximum Gasteiger partial charge on any atom is 0.265 e. The van der Waals surface area contributed by atoms with Crippen molar-refractivity contribution in [3.63, 3.8) is 0 Å².